The molecule has 0 aliphatic rings. The Hall–Kier alpha value is -1.67. The Morgan fingerprint density at radius 2 is 1.52 bits per heavy atom. The highest BCUT2D eigenvalue weighted by molar-refractivity contribution is 5.36. The Balaban J connectivity index is 2.35. The minimum Gasteiger partial charge on any atom is -0.307 e. The molecule has 0 aromatic heterocycles. The lowest BCUT2D eigenvalue weighted by molar-refractivity contribution is 0.597. The van der Waals surface area contributed by atoms with E-state index in [-0.39, 0.29) is 11.9 Å². The van der Waals surface area contributed by atoms with E-state index in [1.807, 2.05) is 12.1 Å². The summed E-state index contributed by atoms with van der Waals surface area (Å²) in [6.45, 7) is 9.07. The molecule has 1 unspecified atom stereocenters. The predicted molar refractivity (Wildman–Crippen MR) is 87.2 cm³/mol. The van der Waals surface area contributed by atoms with E-state index in [1.165, 1.54) is 11.1 Å². The Labute approximate surface area is 127 Å². The molecule has 1 N–H and O–H groups in total. The zero-order valence-electron chi connectivity index (χ0n) is 13.3. The first-order valence-corrected chi connectivity index (χ1v) is 7.62. The maximum Gasteiger partial charge on any atom is 0.126 e. The van der Waals surface area contributed by atoms with Crippen LogP contribution in [0.5, 0.6) is 0 Å². The average Bonchev–Trinajstić information content (AvgIpc) is 2.48. The van der Waals surface area contributed by atoms with E-state index in [0.29, 0.717) is 11.5 Å². The van der Waals surface area contributed by atoms with E-state index in [4.69, 9.17) is 0 Å². The van der Waals surface area contributed by atoms with Gasteiger partial charge in [0.15, 0.2) is 0 Å². The molecule has 2 heteroatoms. The molecule has 0 saturated heterocycles. The van der Waals surface area contributed by atoms with E-state index in [0.717, 1.165) is 12.1 Å². The van der Waals surface area contributed by atoms with Crippen LogP contribution in [0.25, 0.3) is 0 Å². The zero-order valence-corrected chi connectivity index (χ0v) is 13.3. The summed E-state index contributed by atoms with van der Waals surface area (Å²) in [5, 5.41) is 3.44. The average molecular weight is 285 g/mol. The SMILES string of the molecule is CCNC(c1ccc(C(C)C)cc1)c1ccc(C)c(F)c1. The van der Waals surface area contributed by atoms with Crippen LogP contribution in [0.1, 0.15) is 55.0 Å². The fraction of sp³-hybridized carbons (Fsp3) is 0.368. The van der Waals surface area contributed by atoms with Crippen molar-refractivity contribution in [3.63, 3.8) is 0 Å². The van der Waals surface area contributed by atoms with Gasteiger partial charge in [0, 0.05) is 0 Å². The zero-order chi connectivity index (χ0) is 15.4. The first kappa shape index (κ1) is 15.7. The first-order chi connectivity index (χ1) is 10.0. The monoisotopic (exact) mass is 285 g/mol. The third-order valence-electron chi connectivity index (χ3n) is 3.87. The molecular formula is C19H24FN. The molecule has 2 rings (SSSR count). The van der Waals surface area contributed by atoms with E-state index in [9.17, 15) is 4.39 Å². The third-order valence-corrected chi connectivity index (χ3v) is 3.87. The Morgan fingerprint density at radius 1 is 0.952 bits per heavy atom. The first-order valence-electron chi connectivity index (χ1n) is 7.62. The van der Waals surface area contributed by atoms with Gasteiger partial charge in [0.1, 0.15) is 5.82 Å². The summed E-state index contributed by atoms with van der Waals surface area (Å²) in [4.78, 5) is 0. The van der Waals surface area contributed by atoms with E-state index < -0.39 is 0 Å². The standard InChI is InChI=1S/C19H24FN/c1-5-21-19(17-7-6-14(4)18(20)12-17)16-10-8-15(9-11-16)13(2)3/h6-13,19,21H,5H2,1-4H3. The highest BCUT2D eigenvalue weighted by Gasteiger charge is 2.14. The van der Waals surface area contributed by atoms with Gasteiger partial charge in [0.25, 0.3) is 0 Å². The molecule has 1 nitrogen and oxygen atoms in total. The van der Waals surface area contributed by atoms with Gasteiger partial charge in [-0.15, -0.1) is 0 Å². The lowest BCUT2D eigenvalue weighted by Crippen LogP contribution is -2.22. The fourth-order valence-electron chi connectivity index (χ4n) is 2.49. The number of benzene rings is 2. The summed E-state index contributed by atoms with van der Waals surface area (Å²) >= 11 is 0. The van der Waals surface area contributed by atoms with Crippen molar-refractivity contribution in [3.8, 4) is 0 Å². The third kappa shape index (κ3) is 3.70. The van der Waals surface area contributed by atoms with Gasteiger partial charge in [-0.25, -0.2) is 4.39 Å². The molecular weight excluding hydrogens is 261 g/mol. The summed E-state index contributed by atoms with van der Waals surface area (Å²) < 4.78 is 13.8. The van der Waals surface area contributed by atoms with Crippen LogP contribution in [0, 0.1) is 12.7 Å². The molecule has 2 aromatic carbocycles. The summed E-state index contributed by atoms with van der Waals surface area (Å²) in [6, 6.07) is 14.1. The van der Waals surface area contributed by atoms with Crippen LogP contribution in [0.2, 0.25) is 0 Å². The molecule has 0 fully saturated rings. The summed E-state index contributed by atoms with van der Waals surface area (Å²) in [6.07, 6.45) is 0. The molecule has 0 bridgehead atoms. The van der Waals surface area contributed by atoms with Gasteiger partial charge in [-0.1, -0.05) is 57.2 Å². The van der Waals surface area contributed by atoms with Crippen LogP contribution in [-0.4, -0.2) is 6.54 Å². The number of nitrogens with one attached hydrogen (secondary N) is 1. The Morgan fingerprint density at radius 3 is 2.05 bits per heavy atom. The smallest absolute Gasteiger partial charge is 0.126 e. The van der Waals surface area contributed by atoms with Gasteiger partial charge in [-0.2, -0.15) is 0 Å². The van der Waals surface area contributed by atoms with Crippen LogP contribution in [0.4, 0.5) is 4.39 Å². The maximum absolute atomic E-state index is 13.8. The molecule has 0 aliphatic carbocycles. The van der Waals surface area contributed by atoms with Gasteiger partial charge in [-0.3, -0.25) is 0 Å². The topological polar surface area (TPSA) is 12.0 Å². The number of rotatable bonds is 5. The van der Waals surface area contributed by atoms with E-state index >= 15 is 0 Å². The van der Waals surface area contributed by atoms with Crippen LogP contribution in [0.3, 0.4) is 0 Å². The van der Waals surface area contributed by atoms with Crippen molar-refractivity contribution in [2.45, 2.75) is 39.7 Å². The minimum atomic E-state index is -0.144. The van der Waals surface area contributed by atoms with E-state index in [1.54, 1.807) is 13.0 Å². The summed E-state index contributed by atoms with van der Waals surface area (Å²) in [5.74, 6) is 0.377. The van der Waals surface area contributed by atoms with Gasteiger partial charge < -0.3 is 5.32 Å². The van der Waals surface area contributed by atoms with Crippen molar-refractivity contribution in [3.05, 3.63) is 70.5 Å². The molecule has 112 valence electrons. The molecule has 2 aromatic rings. The molecule has 0 amide bonds. The van der Waals surface area contributed by atoms with Crippen molar-refractivity contribution < 1.29 is 4.39 Å². The van der Waals surface area contributed by atoms with Gasteiger partial charge in [-0.05, 0) is 47.7 Å². The lowest BCUT2D eigenvalue weighted by atomic mass is 9.94. The molecule has 21 heavy (non-hydrogen) atoms. The van der Waals surface area contributed by atoms with Crippen molar-refractivity contribution in [1.82, 2.24) is 5.32 Å². The second-order valence-corrected chi connectivity index (χ2v) is 5.82. The largest absolute Gasteiger partial charge is 0.307 e. The normalized spacial score (nSPS) is 12.7. The summed E-state index contributed by atoms with van der Waals surface area (Å²) in [5.41, 5.74) is 4.15. The van der Waals surface area contributed by atoms with Gasteiger partial charge >= 0.3 is 0 Å². The number of aryl methyl sites for hydroxylation is 1. The van der Waals surface area contributed by atoms with Crippen LogP contribution in [0.15, 0.2) is 42.5 Å². The number of hydrogen-bond donors (Lipinski definition) is 1. The van der Waals surface area contributed by atoms with Crippen LogP contribution in [-0.2, 0) is 0 Å². The maximum atomic E-state index is 13.8. The molecule has 1 atom stereocenters. The fourth-order valence-corrected chi connectivity index (χ4v) is 2.49. The van der Waals surface area contributed by atoms with Gasteiger partial charge in [0.2, 0.25) is 0 Å². The molecule has 0 spiro atoms. The summed E-state index contributed by atoms with van der Waals surface area (Å²) in [7, 11) is 0. The number of halogens is 1. The quantitative estimate of drug-likeness (QED) is 0.819. The molecule has 0 radical (unpaired) electrons. The van der Waals surface area contributed by atoms with Gasteiger partial charge in [0.05, 0.1) is 6.04 Å². The van der Waals surface area contributed by atoms with Crippen molar-refractivity contribution in [2.24, 2.45) is 0 Å². The Kier molecular flexibility index (Phi) is 5.13. The molecule has 0 saturated carbocycles. The second-order valence-electron chi connectivity index (χ2n) is 5.82. The molecule has 0 heterocycles. The minimum absolute atomic E-state index is 0.0336. The van der Waals surface area contributed by atoms with Crippen molar-refractivity contribution >= 4 is 0 Å². The second kappa shape index (κ2) is 6.86. The van der Waals surface area contributed by atoms with E-state index in [2.05, 4.69) is 50.4 Å². The highest BCUT2D eigenvalue weighted by Crippen LogP contribution is 2.25. The van der Waals surface area contributed by atoms with Crippen molar-refractivity contribution in [1.29, 1.82) is 0 Å². The predicted octanol–water partition coefficient (Wildman–Crippen LogP) is 4.96. The highest BCUT2D eigenvalue weighted by atomic mass is 19.1. The van der Waals surface area contributed by atoms with Crippen molar-refractivity contribution in [2.75, 3.05) is 6.54 Å². The molecule has 0 aliphatic heterocycles. The lowest BCUT2D eigenvalue weighted by Gasteiger charge is -2.20. The Bertz CT molecular complexity index is 587. The van der Waals surface area contributed by atoms with Crippen LogP contribution >= 0.6 is 0 Å². The number of hydrogen-bond acceptors (Lipinski definition) is 1. The van der Waals surface area contributed by atoms with Crippen LogP contribution < -0.4 is 5.32 Å².